The third-order valence-electron chi connectivity index (χ3n) is 7.33. The van der Waals surface area contributed by atoms with Crippen molar-refractivity contribution >= 4 is 28.3 Å². The highest BCUT2D eigenvalue weighted by molar-refractivity contribution is 6.11. The number of aromatic amines is 1. The molecule has 2 N–H and O–H groups in total. The number of carbonyl (C=O) groups excluding carboxylic acids is 1. The molecule has 8 nitrogen and oxygen atoms in total. The van der Waals surface area contributed by atoms with Gasteiger partial charge < -0.3 is 10.2 Å². The molecule has 0 atom stereocenters. The third-order valence-corrected chi connectivity index (χ3v) is 7.33. The van der Waals surface area contributed by atoms with E-state index in [9.17, 15) is 13.6 Å². The summed E-state index contributed by atoms with van der Waals surface area (Å²) in [5.41, 5.74) is 4.48. The first-order chi connectivity index (χ1) is 18.4. The maximum atomic E-state index is 13.5. The summed E-state index contributed by atoms with van der Waals surface area (Å²) >= 11 is 0. The van der Waals surface area contributed by atoms with Gasteiger partial charge in [0.1, 0.15) is 5.82 Å². The van der Waals surface area contributed by atoms with E-state index in [2.05, 4.69) is 30.4 Å². The monoisotopic (exact) mass is 517 g/mol. The third kappa shape index (κ3) is 5.22. The molecule has 1 aromatic carbocycles. The van der Waals surface area contributed by atoms with Crippen LogP contribution in [0, 0.1) is 0 Å². The van der Waals surface area contributed by atoms with E-state index < -0.39 is 5.92 Å². The predicted molar refractivity (Wildman–Crippen MR) is 142 cm³/mol. The summed E-state index contributed by atoms with van der Waals surface area (Å²) in [6, 6.07) is 11.5. The fourth-order valence-electron chi connectivity index (χ4n) is 5.20. The van der Waals surface area contributed by atoms with Crippen LogP contribution in [0.4, 0.5) is 20.3 Å². The van der Waals surface area contributed by atoms with Gasteiger partial charge in [-0.1, -0.05) is 6.07 Å². The van der Waals surface area contributed by atoms with Gasteiger partial charge in [0.2, 0.25) is 0 Å². The number of anilines is 2. The van der Waals surface area contributed by atoms with Gasteiger partial charge in [-0.15, -0.1) is 0 Å². The van der Waals surface area contributed by atoms with Gasteiger partial charge in [-0.25, -0.2) is 13.8 Å². The molecule has 2 aliphatic rings. The predicted octanol–water partition coefficient (Wildman–Crippen LogP) is 5.10. The molecule has 2 aliphatic heterocycles. The molecular formula is C28H29F2N7O. The number of hydrogen-bond acceptors (Lipinski definition) is 6. The summed E-state index contributed by atoms with van der Waals surface area (Å²) in [4.78, 5) is 26.3. The Bertz CT molecular complexity index is 1450. The Balaban J connectivity index is 1.20. The SMILES string of the molecule is O=C(Nc1ccnc(N2CCCC2)c1)c1n[nH]c2ccc(-c3cncc(CN4CCC(F)(F)CC4)c3)cc12. The molecule has 5 heterocycles. The number of piperidine rings is 1. The minimum atomic E-state index is -2.56. The Hall–Kier alpha value is -3.92. The van der Waals surface area contributed by atoms with Gasteiger partial charge in [0.15, 0.2) is 5.69 Å². The fraction of sp³-hybridized carbons (Fsp3) is 0.357. The molecule has 10 heteroatoms. The number of likely N-dealkylation sites (tertiary alicyclic amines) is 1. The summed E-state index contributed by atoms with van der Waals surface area (Å²) in [7, 11) is 0. The lowest BCUT2D eigenvalue weighted by atomic mass is 10.0. The van der Waals surface area contributed by atoms with Crippen molar-refractivity contribution in [3.05, 3.63) is 66.2 Å². The Labute approximate surface area is 219 Å². The van der Waals surface area contributed by atoms with Crippen molar-refractivity contribution in [2.75, 3.05) is 36.4 Å². The Kier molecular flexibility index (Phi) is 6.49. The Morgan fingerprint density at radius 1 is 1.00 bits per heavy atom. The van der Waals surface area contributed by atoms with Crippen LogP contribution < -0.4 is 10.2 Å². The number of amides is 1. The second-order valence-electron chi connectivity index (χ2n) is 10.1. The number of carbonyl (C=O) groups is 1. The highest BCUT2D eigenvalue weighted by atomic mass is 19.3. The summed E-state index contributed by atoms with van der Waals surface area (Å²) in [5, 5.41) is 10.9. The van der Waals surface area contributed by atoms with Crippen LogP contribution in [-0.4, -0.2) is 63.1 Å². The number of hydrogen-bond donors (Lipinski definition) is 2. The van der Waals surface area contributed by atoms with Crippen molar-refractivity contribution in [2.24, 2.45) is 0 Å². The first kappa shape index (κ1) is 24.4. The molecule has 0 bridgehead atoms. The van der Waals surface area contributed by atoms with E-state index in [0.29, 0.717) is 36.4 Å². The Morgan fingerprint density at radius 3 is 2.63 bits per heavy atom. The second kappa shape index (κ2) is 10.1. The van der Waals surface area contributed by atoms with Crippen molar-refractivity contribution in [2.45, 2.75) is 38.2 Å². The van der Waals surface area contributed by atoms with Crippen molar-refractivity contribution in [1.29, 1.82) is 0 Å². The van der Waals surface area contributed by atoms with Crippen LogP contribution in [0.3, 0.4) is 0 Å². The average molecular weight is 518 g/mol. The Morgan fingerprint density at radius 2 is 1.82 bits per heavy atom. The average Bonchev–Trinajstić information content (AvgIpc) is 3.61. The van der Waals surface area contributed by atoms with Gasteiger partial charge >= 0.3 is 0 Å². The van der Waals surface area contributed by atoms with E-state index in [4.69, 9.17) is 0 Å². The smallest absolute Gasteiger partial charge is 0.276 e. The zero-order chi connectivity index (χ0) is 26.1. The van der Waals surface area contributed by atoms with E-state index in [1.807, 2.05) is 35.2 Å². The van der Waals surface area contributed by atoms with Crippen LogP contribution >= 0.6 is 0 Å². The number of aromatic nitrogens is 4. The van der Waals surface area contributed by atoms with Gasteiger partial charge in [-0.05, 0) is 48.2 Å². The van der Waals surface area contributed by atoms with Gasteiger partial charge in [0.05, 0.1) is 5.52 Å². The van der Waals surface area contributed by atoms with Gasteiger partial charge in [0.25, 0.3) is 11.8 Å². The topological polar surface area (TPSA) is 90.0 Å². The van der Waals surface area contributed by atoms with Crippen molar-refractivity contribution < 1.29 is 13.6 Å². The fourth-order valence-corrected chi connectivity index (χ4v) is 5.20. The maximum Gasteiger partial charge on any atom is 0.276 e. The van der Waals surface area contributed by atoms with Crippen LogP contribution in [0.25, 0.3) is 22.0 Å². The van der Waals surface area contributed by atoms with Crippen LogP contribution in [-0.2, 0) is 6.54 Å². The van der Waals surface area contributed by atoms with Crippen LogP contribution in [0.15, 0.2) is 55.0 Å². The molecule has 2 saturated heterocycles. The highest BCUT2D eigenvalue weighted by Gasteiger charge is 2.33. The van der Waals surface area contributed by atoms with E-state index in [0.717, 1.165) is 54.0 Å². The summed E-state index contributed by atoms with van der Waals surface area (Å²) in [5.74, 6) is -2.00. The number of rotatable bonds is 6. The first-order valence-electron chi connectivity index (χ1n) is 13.0. The van der Waals surface area contributed by atoms with E-state index in [-0.39, 0.29) is 18.7 Å². The van der Waals surface area contributed by atoms with Crippen LogP contribution in [0.1, 0.15) is 41.7 Å². The van der Waals surface area contributed by atoms with Crippen LogP contribution in [0.5, 0.6) is 0 Å². The number of nitrogens with zero attached hydrogens (tertiary/aromatic N) is 5. The first-order valence-corrected chi connectivity index (χ1v) is 13.0. The van der Waals surface area contributed by atoms with Gasteiger partial charge in [-0.2, -0.15) is 5.10 Å². The number of benzene rings is 1. The lowest BCUT2D eigenvalue weighted by molar-refractivity contribution is -0.0566. The van der Waals surface area contributed by atoms with E-state index in [1.165, 1.54) is 0 Å². The normalized spacial score (nSPS) is 17.7. The lowest BCUT2D eigenvalue weighted by Gasteiger charge is -2.31. The van der Waals surface area contributed by atoms with Crippen molar-refractivity contribution in [3.8, 4) is 11.1 Å². The molecule has 1 amide bonds. The summed E-state index contributed by atoms with van der Waals surface area (Å²) in [6.07, 6.45) is 7.33. The molecule has 38 heavy (non-hydrogen) atoms. The zero-order valence-corrected chi connectivity index (χ0v) is 21.0. The summed E-state index contributed by atoms with van der Waals surface area (Å²) < 4.78 is 27.0. The minimum Gasteiger partial charge on any atom is -0.357 e. The number of pyridine rings is 2. The number of alkyl halides is 2. The largest absolute Gasteiger partial charge is 0.357 e. The molecular weight excluding hydrogens is 488 g/mol. The number of nitrogens with one attached hydrogen (secondary N) is 2. The quantitative estimate of drug-likeness (QED) is 0.370. The molecule has 6 rings (SSSR count). The number of fused-ring (bicyclic) bond motifs is 1. The zero-order valence-electron chi connectivity index (χ0n) is 21.0. The lowest BCUT2D eigenvalue weighted by Crippen LogP contribution is -2.38. The molecule has 0 radical (unpaired) electrons. The molecule has 0 saturated carbocycles. The van der Waals surface area contributed by atoms with Crippen LogP contribution in [0.2, 0.25) is 0 Å². The molecule has 0 unspecified atom stereocenters. The molecule has 2 fully saturated rings. The molecule has 3 aromatic heterocycles. The van der Waals surface area contributed by atoms with Gasteiger partial charge in [0, 0.05) is 86.9 Å². The molecule has 0 aliphatic carbocycles. The molecule has 0 spiro atoms. The standard InChI is InChI=1S/C28H29F2N7O/c29-28(30)6-11-36(12-7-28)18-19-13-21(17-31-16-19)20-3-4-24-23(14-20)26(35-34-24)27(38)33-22-5-8-32-25(15-22)37-9-1-2-10-37/h3-5,8,13-17H,1-2,6-7,9-12,18H2,(H,34,35)(H,32,33,38). The highest BCUT2D eigenvalue weighted by Crippen LogP contribution is 2.30. The van der Waals surface area contributed by atoms with Crippen molar-refractivity contribution in [1.82, 2.24) is 25.1 Å². The number of halogens is 2. The molecule has 196 valence electrons. The second-order valence-corrected chi connectivity index (χ2v) is 10.1. The number of H-pyrrole nitrogens is 1. The molecule has 4 aromatic rings. The van der Waals surface area contributed by atoms with E-state index in [1.54, 1.807) is 24.7 Å². The van der Waals surface area contributed by atoms with E-state index >= 15 is 0 Å². The van der Waals surface area contributed by atoms with Crippen molar-refractivity contribution in [3.63, 3.8) is 0 Å². The summed E-state index contributed by atoms with van der Waals surface area (Å²) in [6.45, 7) is 3.26. The van der Waals surface area contributed by atoms with Gasteiger partial charge in [-0.3, -0.25) is 19.8 Å². The minimum absolute atomic E-state index is 0.110. The maximum absolute atomic E-state index is 13.5.